The number of pyridine rings is 1. The summed E-state index contributed by atoms with van der Waals surface area (Å²) in [4.78, 5) is 32.9. The maximum Gasteiger partial charge on any atom is 0.289 e. The fourth-order valence-electron chi connectivity index (χ4n) is 3.38. The van der Waals surface area contributed by atoms with E-state index in [0.29, 0.717) is 37.6 Å². The molecule has 4 rings (SSSR count). The largest absolute Gasteiger partial charge is 0.459 e. The SMILES string of the molecule is Cc1ccc(/C=C/C(=O)Nc2ccc(N3CCN(C(=O)c4ccco4)CC3)nc2)cc1. The van der Waals surface area contributed by atoms with Gasteiger partial charge >= 0.3 is 0 Å². The second-order valence-electron chi connectivity index (χ2n) is 7.39. The van der Waals surface area contributed by atoms with Gasteiger partial charge in [-0.25, -0.2) is 4.98 Å². The van der Waals surface area contributed by atoms with E-state index in [0.717, 1.165) is 11.4 Å². The monoisotopic (exact) mass is 416 g/mol. The van der Waals surface area contributed by atoms with Crippen LogP contribution in [0.1, 0.15) is 21.7 Å². The first kappa shape index (κ1) is 20.4. The molecule has 0 bridgehead atoms. The molecule has 158 valence electrons. The molecule has 1 N–H and O–H groups in total. The number of aryl methyl sites for hydroxylation is 1. The molecule has 2 aromatic heterocycles. The lowest BCUT2D eigenvalue weighted by molar-refractivity contribution is -0.111. The Labute approximate surface area is 181 Å². The number of nitrogens with one attached hydrogen (secondary N) is 1. The second-order valence-corrected chi connectivity index (χ2v) is 7.39. The lowest BCUT2D eigenvalue weighted by Gasteiger charge is -2.35. The number of aromatic nitrogens is 1. The number of carbonyl (C=O) groups is 2. The van der Waals surface area contributed by atoms with E-state index in [1.807, 2.05) is 43.3 Å². The summed E-state index contributed by atoms with van der Waals surface area (Å²) in [5.41, 5.74) is 2.78. The zero-order valence-electron chi connectivity index (χ0n) is 17.3. The molecule has 2 amide bonds. The molecule has 0 saturated carbocycles. The van der Waals surface area contributed by atoms with Crippen molar-refractivity contribution in [1.82, 2.24) is 9.88 Å². The fourth-order valence-corrected chi connectivity index (χ4v) is 3.38. The van der Waals surface area contributed by atoms with Crippen LogP contribution in [0.4, 0.5) is 11.5 Å². The molecule has 3 heterocycles. The van der Waals surface area contributed by atoms with Gasteiger partial charge in [0.2, 0.25) is 5.91 Å². The van der Waals surface area contributed by atoms with Crippen LogP contribution in [0.25, 0.3) is 6.08 Å². The van der Waals surface area contributed by atoms with Crippen LogP contribution in [0.2, 0.25) is 0 Å². The van der Waals surface area contributed by atoms with E-state index in [4.69, 9.17) is 4.42 Å². The highest BCUT2D eigenvalue weighted by Gasteiger charge is 2.24. The summed E-state index contributed by atoms with van der Waals surface area (Å²) in [5.74, 6) is 0.885. The van der Waals surface area contributed by atoms with Gasteiger partial charge in [0, 0.05) is 32.3 Å². The molecular formula is C24H24N4O3. The standard InChI is InChI=1S/C24H24N4O3/c1-18-4-6-19(7-5-18)8-11-23(29)26-20-9-10-22(25-17-20)27-12-14-28(15-13-27)24(30)21-3-2-16-31-21/h2-11,16-17H,12-15H2,1H3,(H,26,29)/b11-8+. The van der Waals surface area contributed by atoms with Crippen LogP contribution in [0.5, 0.6) is 0 Å². The van der Waals surface area contributed by atoms with Crippen LogP contribution in [-0.2, 0) is 4.79 Å². The van der Waals surface area contributed by atoms with E-state index in [9.17, 15) is 9.59 Å². The highest BCUT2D eigenvalue weighted by molar-refractivity contribution is 6.01. The molecule has 1 aliphatic heterocycles. The summed E-state index contributed by atoms with van der Waals surface area (Å²) in [7, 11) is 0. The highest BCUT2D eigenvalue weighted by atomic mass is 16.3. The number of amides is 2. The van der Waals surface area contributed by atoms with Gasteiger partial charge in [0.15, 0.2) is 5.76 Å². The Bertz CT molecular complexity index is 1050. The van der Waals surface area contributed by atoms with Gasteiger partial charge in [-0.15, -0.1) is 0 Å². The molecule has 1 saturated heterocycles. The molecule has 3 aromatic rings. The van der Waals surface area contributed by atoms with Crippen molar-refractivity contribution in [3.8, 4) is 0 Å². The highest BCUT2D eigenvalue weighted by Crippen LogP contribution is 2.17. The predicted octanol–water partition coefficient (Wildman–Crippen LogP) is 3.60. The van der Waals surface area contributed by atoms with E-state index in [1.165, 1.54) is 17.9 Å². The summed E-state index contributed by atoms with van der Waals surface area (Å²) in [6, 6.07) is 15.1. The third-order valence-electron chi connectivity index (χ3n) is 5.14. The van der Waals surface area contributed by atoms with E-state index in [1.54, 1.807) is 29.3 Å². The first-order valence-electron chi connectivity index (χ1n) is 10.2. The molecule has 0 radical (unpaired) electrons. The average Bonchev–Trinajstić information content (AvgIpc) is 3.34. The van der Waals surface area contributed by atoms with Gasteiger partial charge in [0.05, 0.1) is 18.1 Å². The maximum absolute atomic E-state index is 12.4. The smallest absolute Gasteiger partial charge is 0.289 e. The lowest BCUT2D eigenvalue weighted by Crippen LogP contribution is -2.49. The maximum atomic E-state index is 12.4. The third-order valence-corrected chi connectivity index (χ3v) is 5.14. The van der Waals surface area contributed by atoms with Gasteiger partial charge in [-0.1, -0.05) is 29.8 Å². The molecule has 7 nitrogen and oxygen atoms in total. The minimum atomic E-state index is -0.208. The van der Waals surface area contributed by atoms with E-state index >= 15 is 0 Å². The van der Waals surface area contributed by atoms with Crippen molar-refractivity contribution in [1.29, 1.82) is 0 Å². The first-order chi connectivity index (χ1) is 15.1. The zero-order chi connectivity index (χ0) is 21.6. The predicted molar refractivity (Wildman–Crippen MR) is 120 cm³/mol. The molecule has 0 atom stereocenters. The topological polar surface area (TPSA) is 78.7 Å². The molecule has 0 spiro atoms. The summed E-state index contributed by atoms with van der Waals surface area (Å²) in [5, 5.41) is 2.82. The minimum absolute atomic E-state index is 0.0886. The number of piperazine rings is 1. The van der Waals surface area contributed by atoms with Crippen LogP contribution >= 0.6 is 0 Å². The fraction of sp³-hybridized carbons (Fsp3) is 0.208. The number of benzene rings is 1. The normalized spacial score (nSPS) is 14.1. The number of anilines is 2. The minimum Gasteiger partial charge on any atom is -0.459 e. The van der Waals surface area contributed by atoms with E-state index < -0.39 is 0 Å². The van der Waals surface area contributed by atoms with Gasteiger partial charge in [-0.2, -0.15) is 0 Å². The number of carbonyl (C=O) groups excluding carboxylic acids is 2. The Hall–Kier alpha value is -3.87. The molecule has 0 aliphatic carbocycles. The van der Waals surface area contributed by atoms with E-state index in [2.05, 4.69) is 15.2 Å². The zero-order valence-corrected chi connectivity index (χ0v) is 17.3. The van der Waals surface area contributed by atoms with Gasteiger partial charge in [0.1, 0.15) is 5.82 Å². The van der Waals surface area contributed by atoms with Crippen molar-refractivity contribution in [3.63, 3.8) is 0 Å². The Morgan fingerprint density at radius 2 is 1.81 bits per heavy atom. The number of nitrogens with zero attached hydrogens (tertiary/aromatic N) is 3. The van der Waals surface area contributed by atoms with Crippen molar-refractivity contribution in [2.45, 2.75) is 6.92 Å². The summed E-state index contributed by atoms with van der Waals surface area (Å²) >= 11 is 0. The van der Waals surface area contributed by atoms with Crippen molar-refractivity contribution in [3.05, 3.63) is 84.0 Å². The second kappa shape index (κ2) is 9.30. The van der Waals surface area contributed by atoms with Crippen molar-refractivity contribution in [2.24, 2.45) is 0 Å². The summed E-state index contributed by atoms with van der Waals surface area (Å²) < 4.78 is 5.20. The summed E-state index contributed by atoms with van der Waals surface area (Å²) in [6.45, 7) is 4.60. The Morgan fingerprint density at radius 1 is 1.03 bits per heavy atom. The molecule has 1 fully saturated rings. The van der Waals surface area contributed by atoms with Crippen LogP contribution in [0.15, 0.2) is 71.5 Å². The Balaban J connectivity index is 1.29. The number of hydrogen-bond donors (Lipinski definition) is 1. The van der Waals surface area contributed by atoms with Crippen LogP contribution in [-0.4, -0.2) is 47.9 Å². The van der Waals surface area contributed by atoms with Crippen LogP contribution < -0.4 is 10.2 Å². The van der Waals surface area contributed by atoms with Crippen LogP contribution in [0.3, 0.4) is 0 Å². The molecule has 1 aromatic carbocycles. The quantitative estimate of drug-likeness (QED) is 0.643. The number of rotatable bonds is 5. The van der Waals surface area contributed by atoms with Gasteiger partial charge in [0.25, 0.3) is 5.91 Å². The van der Waals surface area contributed by atoms with Crippen molar-refractivity contribution < 1.29 is 14.0 Å². The Morgan fingerprint density at radius 3 is 2.45 bits per heavy atom. The van der Waals surface area contributed by atoms with Gasteiger partial charge < -0.3 is 19.5 Å². The molecule has 1 aliphatic rings. The van der Waals surface area contributed by atoms with Gasteiger partial charge in [-0.05, 0) is 42.8 Å². The van der Waals surface area contributed by atoms with Crippen molar-refractivity contribution >= 4 is 29.4 Å². The van der Waals surface area contributed by atoms with Crippen molar-refractivity contribution in [2.75, 3.05) is 36.4 Å². The summed E-state index contributed by atoms with van der Waals surface area (Å²) in [6.07, 6.45) is 6.44. The first-order valence-corrected chi connectivity index (χ1v) is 10.2. The lowest BCUT2D eigenvalue weighted by atomic mass is 10.1. The van der Waals surface area contributed by atoms with Gasteiger partial charge in [-0.3, -0.25) is 9.59 Å². The molecule has 31 heavy (non-hydrogen) atoms. The number of hydrogen-bond acceptors (Lipinski definition) is 5. The number of furan rings is 1. The molecule has 0 unspecified atom stereocenters. The average molecular weight is 416 g/mol. The van der Waals surface area contributed by atoms with E-state index in [-0.39, 0.29) is 11.8 Å². The molecular weight excluding hydrogens is 392 g/mol. The third kappa shape index (κ3) is 5.19. The molecule has 7 heteroatoms. The van der Waals surface area contributed by atoms with Crippen LogP contribution in [0, 0.1) is 6.92 Å². The Kier molecular flexibility index (Phi) is 6.12.